The SMILES string of the molecule is CCOC(=O)c1cnc(N2CCN(Cc3ccc(Cl)cc3)C2=O)o1. The van der Waals surface area contributed by atoms with Gasteiger partial charge in [0.05, 0.1) is 12.8 Å². The summed E-state index contributed by atoms with van der Waals surface area (Å²) >= 11 is 5.86. The topological polar surface area (TPSA) is 75.9 Å². The maximum absolute atomic E-state index is 12.5. The van der Waals surface area contributed by atoms with Gasteiger partial charge < -0.3 is 14.1 Å². The zero-order chi connectivity index (χ0) is 17.1. The fourth-order valence-corrected chi connectivity index (χ4v) is 2.53. The summed E-state index contributed by atoms with van der Waals surface area (Å²) < 4.78 is 10.2. The van der Waals surface area contributed by atoms with Gasteiger partial charge in [0.1, 0.15) is 0 Å². The molecule has 24 heavy (non-hydrogen) atoms. The minimum absolute atomic E-state index is 0.0178. The van der Waals surface area contributed by atoms with Crippen LogP contribution in [0.2, 0.25) is 5.02 Å². The van der Waals surface area contributed by atoms with Gasteiger partial charge in [-0.3, -0.25) is 0 Å². The van der Waals surface area contributed by atoms with Crippen molar-refractivity contribution < 1.29 is 18.7 Å². The lowest BCUT2D eigenvalue weighted by molar-refractivity contribution is 0.0491. The van der Waals surface area contributed by atoms with E-state index in [1.165, 1.54) is 11.1 Å². The second-order valence-electron chi connectivity index (χ2n) is 5.21. The third kappa shape index (κ3) is 3.35. The number of benzene rings is 1. The summed E-state index contributed by atoms with van der Waals surface area (Å²) in [4.78, 5) is 31.2. The summed E-state index contributed by atoms with van der Waals surface area (Å²) in [6.45, 7) is 3.39. The molecule has 1 aliphatic rings. The van der Waals surface area contributed by atoms with Gasteiger partial charge in [-0.15, -0.1) is 0 Å². The van der Waals surface area contributed by atoms with Crippen LogP contribution < -0.4 is 4.90 Å². The van der Waals surface area contributed by atoms with E-state index in [0.29, 0.717) is 24.7 Å². The standard InChI is InChI=1S/C16H16ClN3O4/c1-2-23-14(21)13-9-18-15(24-13)20-8-7-19(16(20)22)10-11-3-5-12(17)6-4-11/h3-6,9H,2,7-8,10H2,1H3. The molecule has 0 bridgehead atoms. The lowest BCUT2D eigenvalue weighted by Crippen LogP contribution is -2.31. The summed E-state index contributed by atoms with van der Waals surface area (Å²) in [7, 11) is 0. The average molecular weight is 350 g/mol. The summed E-state index contributed by atoms with van der Waals surface area (Å²) in [5.74, 6) is -0.614. The van der Waals surface area contributed by atoms with Crippen molar-refractivity contribution >= 4 is 29.6 Å². The highest BCUT2D eigenvalue weighted by molar-refractivity contribution is 6.30. The first kappa shape index (κ1) is 16.3. The van der Waals surface area contributed by atoms with Crippen molar-refractivity contribution in [3.8, 4) is 0 Å². The lowest BCUT2D eigenvalue weighted by Gasteiger charge is -2.16. The van der Waals surface area contributed by atoms with E-state index in [4.69, 9.17) is 20.8 Å². The van der Waals surface area contributed by atoms with Crippen molar-refractivity contribution in [1.82, 2.24) is 9.88 Å². The zero-order valence-electron chi connectivity index (χ0n) is 13.1. The van der Waals surface area contributed by atoms with Crippen LogP contribution in [-0.4, -0.2) is 41.6 Å². The van der Waals surface area contributed by atoms with E-state index in [2.05, 4.69) is 4.98 Å². The Morgan fingerprint density at radius 3 is 2.79 bits per heavy atom. The molecule has 7 nitrogen and oxygen atoms in total. The number of ether oxygens (including phenoxy) is 1. The van der Waals surface area contributed by atoms with Crippen LogP contribution in [0.3, 0.4) is 0 Å². The normalized spacial score (nSPS) is 14.3. The van der Waals surface area contributed by atoms with Crippen molar-refractivity contribution in [2.24, 2.45) is 0 Å². The van der Waals surface area contributed by atoms with Crippen LogP contribution in [0.4, 0.5) is 10.8 Å². The van der Waals surface area contributed by atoms with Gasteiger partial charge in [0.15, 0.2) is 0 Å². The number of nitrogens with zero attached hydrogens (tertiary/aromatic N) is 3. The van der Waals surface area contributed by atoms with E-state index >= 15 is 0 Å². The number of hydrogen-bond acceptors (Lipinski definition) is 5. The molecule has 2 amide bonds. The summed E-state index contributed by atoms with van der Waals surface area (Å²) in [5, 5.41) is 0.652. The Morgan fingerprint density at radius 1 is 1.33 bits per heavy atom. The molecule has 0 atom stereocenters. The Kier molecular flexibility index (Phi) is 4.71. The lowest BCUT2D eigenvalue weighted by atomic mass is 10.2. The summed E-state index contributed by atoms with van der Waals surface area (Å²) in [6.07, 6.45) is 1.27. The number of carbonyl (C=O) groups excluding carboxylic acids is 2. The van der Waals surface area contributed by atoms with E-state index in [-0.39, 0.29) is 24.4 Å². The first-order valence-corrected chi connectivity index (χ1v) is 7.90. The Balaban J connectivity index is 1.67. The summed E-state index contributed by atoms with van der Waals surface area (Å²) in [5.41, 5.74) is 0.981. The van der Waals surface area contributed by atoms with Gasteiger partial charge in [-0.2, -0.15) is 0 Å². The molecule has 8 heteroatoms. The molecule has 0 N–H and O–H groups in total. The monoisotopic (exact) mass is 349 g/mol. The van der Waals surface area contributed by atoms with Gasteiger partial charge in [-0.05, 0) is 24.6 Å². The zero-order valence-corrected chi connectivity index (χ0v) is 13.8. The molecule has 1 aromatic heterocycles. The smallest absolute Gasteiger partial charge is 0.376 e. The third-order valence-electron chi connectivity index (χ3n) is 3.58. The number of hydrogen-bond donors (Lipinski definition) is 0. The Labute approximate surface area is 143 Å². The van der Waals surface area contributed by atoms with Gasteiger partial charge in [0.25, 0.3) is 0 Å². The number of anilines is 1. The van der Waals surface area contributed by atoms with Crippen LogP contribution in [0, 0.1) is 0 Å². The predicted molar refractivity (Wildman–Crippen MR) is 87.1 cm³/mol. The van der Waals surface area contributed by atoms with E-state index in [1.54, 1.807) is 24.0 Å². The summed E-state index contributed by atoms with van der Waals surface area (Å²) in [6, 6.07) is 7.21. The maximum Gasteiger partial charge on any atom is 0.376 e. The predicted octanol–water partition coefficient (Wildman–Crippen LogP) is 2.95. The van der Waals surface area contributed by atoms with Gasteiger partial charge in [0.2, 0.25) is 5.76 Å². The van der Waals surface area contributed by atoms with Crippen LogP contribution in [0.1, 0.15) is 23.0 Å². The fraction of sp³-hybridized carbons (Fsp3) is 0.312. The minimum Gasteiger partial charge on any atom is -0.460 e. The van der Waals surface area contributed by atoms with Crippen molar-refractivity contribution in [2.45, 2.75) is 13.5 Å². The number of aromatic nitrogens is 1. The van der Waals surface area contributed by atoms with Gasteiger partial charge in [-0.25, -0.2) is 19.5 Å². The van der Waals surface area contributed by atoms with Crippen LogP contribution in [0.15, 0.2) is 34.9 Å². The van der Waals surface area contributed by atoms with Gasteiger partial charge >= 0.3 is 18.0 Å². The molecule has 0 saturated carbocycles. The maximum atomic E-state index is 12.5. The number of oxazole rings is 1. The highest BCUT2D eigenvalue weighted by Gasteiger charge is 2.33. The highest BCUT2D eigenvalue weighted by atomic mass is 35.5. The van der Waals surface area contributed by atoms with Crippen molar-refractivity contribution in [2.75, 3.05) is 24.6 Å². The molecule has 0 unspecified atom stereocenters. The molecule has 1 aliphatic heterocycles. The van der Waals surface area contributed by atoms with E-state index in [9.17, 15) is 9.59 Å². The number of halogens is 1. The van der Waals surface area contributed by atoms with E-state index in [0.717, 1.165) is 5.56 Å². The molecule has 1 fully saturated rings. The van der Waals surface area contributed by atoms with Crippen LogP contribution in [0.25, 0.3) is 0 Å². The van der Waals surface area contributed by atoms with Crippen LogP contribution >= 0.6 is 11.6 Å². The van der Waals surface area contributed by atoms with Crippen molar-refractivity contribution in [3.63, 3.8) is 0 Å². The molecule has 1 aromatic carbocycles. The number of carbonyl (C=O) groups is 2. The van der Waals surface area contributed by atoms with Crippen molar-refractivity contribution in [1.29, 1.82) is 0 Å². The van der Waals surface area contributed by atoms with E-state index < -0.39 is 5.97 Å². The average Bonchev–Trinajstić information content (AvgIpc) is 3.18. The molecule has 1 saturated heterocycles. The molecule has 0 radical (unpaired) electrons. The minimum atomic E-state index is -0.596. The number of esters is 1. The second kappa shape index (κ2) is 6.92. The van der Waals surface area contributed by atoms with Crippen molar-refractivity contribution in [3.05, 3.63) is 46.8 Å². The first-order valence-electron chi connectivity index (χ1n) is 7.52. The van der Waals surface area contributed by atoms with Crippen LogP contribution in [0.5, 0.6) is 0 Å². The Bertz CT molecular complexity index is 744. The van der Waals surface area contributed by atoms with Gasteiger partial charge in [-0.1, -0.05) is 23.7 Å². The molecule has 3 rings (SSSR count). The highest BCUT2D eigenvalue weighted by Crippen LogP contribution is 2.22. The fourth-order valence-electron chi connectivity index (χ4n) is 2.40. The van der Waals surface area contributed by atoms with Crippen LogP contribution in [-0.2, 0) is 11.3 Å². The molecule has 126 valence electrons. The van der Waals surface area contributed by atoms with Gasteiger partial charge in [0, 0.05) is 24.7 Å². The third-order valence-corrected chi connectivity index (χ3v) is 3.83. The molecule has 2 aromatic rings. The molecular weight excluding hydrogens is 334 g/mol. The molecule has 0 spiro atoms. The molecule has 0 aliphatic carbocycles. The molecular formula is C16H16ClN3O4. The second-order valence-corrected chi connectivity index (χ2v) is 5.65. The largest absolute Gasteiger partial charge is 0.460 e. The Hall–Kier alpha value is -2.54. The van der Waals surface area contributed by atoms with E-state index in [1.807, 2.05) is 12.1 Å². The number of urea groups is 1. The first-order chi connectivity index (χ1) is 11.6. The Morgan fingerprint density at radius 2 is 2.08 bits per heavy atom. The number of amides is 2. The molecule has 2 heterocycles. The number of rotatable bonds is 5. The quantitative estimate of drug-likeness (QED) is 0.776.